The van der Waals surface area contributed by atoms with E-state index in [0.717, 1.165) is 11.3 Å². The summed E-state index contributed by atoms with van der Waals surface area (Å²) < 4.78 is 7.12. The normalized spacial score (nSPS) is 11.0. The van der Waals surface area contributed by atoms with Crippen LogP contribution in [0.15, 0.2) is 64.5 Å². The maximum atomic E-state index is 13.3. The van der Waals surface area contributed by atoms with Crippen molar-refractivity contribution in [3.8, 4) is 11.4 Å². The molecule has 0 unspecified atom stereocenters. The first kappa shape index (κ1) is 21.7. The highest BCUT2D eigenvalue weighted by Gasteiger charge is 2.17. The predicted molar refractivity (Wildman–Crippen MR) is 128 cm³/mol. The Hall–Kier alpha value is -3.52. The second-order valence-electron chi connectivity index (χ2n) is 7.35. The van der Waals surface area contributed by atoms with Crippen LogP contribution in [0.25, 0.3) is 16.7 Å². The lowest BCUT2D eigenvalue weighted by Gasteiger charge is -2.13. The average Bonchev–Trinajstić information content (AvgIpc) is 3.15. The molecular weight excluding hydrogens is 424 g/mol. The van der Waals surface area contributed by atoms with Gasteiger partial charge in [-0.1, -0.05) is 41.6 Å². The number of fused-ring (bicyclic) bond motifs is 1. The molecule has 4 rings (SSSR count). The fourth-order valence-electron chi connectivity index (χ4n) is 3.36. The summed E-state index contributed by atoms with van der Waals surface area (Å²) in [7, 11) is 0. The molecule has 1 amide bonds. The molecule has 164 valence electrons. The van der Waals surface area contributed by atoms with Crippen molar-refractivity contribution in [2.24, 2.45) is 0 Å². The lowest BCUT2D eigenvalue weighted by molar-refractivity contribution is -0.113. The summed E-state index contributed by atoms with van der Waals surface area (Å²) in [5.41, 5.74) is 4.09. The second kappa shape index (κ2) is 9.32. The van der Waals surface area contributed by atoms with Crippen molar-refractivity contribution < 1.29 is 9.53 Å². The largest absolute Gasteiger partial charge is 0.492 e. The predicted octanol–water partition coefficient (Wildman–Crippen LogP) is 4.46. The van der Waals surface area contributed by atoms with Crippen molar-refractivity contribution in [3.05, 3.63) is 76.2 Å². The van der Waals surface area contributed by atoms with Crippen molar-refractivity contribution in [3.63, 3.8) is 0 Å². The first-order valence-corrected chi connectivity index (χ1v) is 11.3. The van der Waals surface area contributed by atoms with E-state index in [4.69, 9.17) is 4.74 Å². The molecule has 32 heavy (non-hydrogen) atoms. The van der Waals surface area contributed by atoms with Crippen molar-refractivity contribution in [2.75, 3.05) is 17.7 Å². The van der Waals surface area contributed by atoms with Gasteiger partial charge in [-0.05, 0) is 51.1 Å². The average molecular weight is 449 g/mol. The number of benzene rings is 2. The van der Waals surface area contributed by atoms with E-state index in [1.807, 2.05) is 69.3 Å². The lowest BCUT2D eigenvalue weighted by Crippen LogP contribution is -2.23. The van der Waals surface area contributed by atoms with Gasteiger partial charge in [0, 0.05) is 5.69 Å². The minimum absolute atomic E-state index is 0.0909. The quantitative estimate of drug-likeness (QED) is 0.322. The number of para-hydroxylation sites is 2. The molecule has 7 nitrogen and oxygen atoms in total. The van der Waals surface area contributed by atoms with Gasteiger partial charge in [0.15, 0.2) is 5.16 Å². The number of H-pyrrole nitrogens is 1. The number of rotatable bonds is 7. The van der Waals surface area contributed by atoms with Gasteiger partial charge in [0.25, 0.3) is 5.56 Å². The first-order chi connectivity index (χ1) is 15.5. The molecule has 8 heteroatoms. The summed E-state index contributed by atoms with van der Waals surface area (Å²) in [6.45, 7) is 6.27. The summed E-state index contributed by atoms with van der Waals surface area (Å²) in [4.78, 5) is 33.7. The Bertz CT molecular complexity index is 1330. The Labute approximate surface area is 189 Å². The Morgan fingerprint density at radius 1 is 1.16 bits per heavy atom. The third kappa shape index (κ3) is 4.55. The summed E-state index contributed by atoms with van der Waals surface area (Å²) in [5.74, 6) is 0.498. The van der Waals surface area contributed by atoms with Crippen LogP contribution in [0.4, 0.5) is 5.69 Å². The summed E-state index contributed by atoms with van der Waals surface area (Å²) in [6, 6.07) is 16.8. The molecule has 0 radical (unpaired) electrons. The van der Waals surface area contributed by atoms with Gasteiger partial charge in [-0.15, -0.1) is 0 Å². The van der Waals surface area contributed by atoms with Crippen molar-refractivity contribution >= 4 is 34.4 Å². The molecule has 2 aromatic carbocycles. The van der Waals surface area contributed by atoms with Gasteiger partial charge in [-0.2, -0.15) is 0 Å². The summed E-state index contributed by atoms with van der Waals surface area (Å²) in [5, 5.41) is 3.34. The van der Waals surface area contributed by atoms with Crippen LogP contribution in [0.5, 0.6) is 5.75 Å². The minimum atomic E-state index is -0.211. The third-order valence-corrected chi connectivity index (χ3v) is 5.78. The van der Waals surface area contributed by atoms with Gasteiger partial charge in [0.05, 0.1) is 29.3 Å². The van der Waals surface area contributed by atoms with E-state index in [2.05, 4.69) is 15.3 Å². The number of aromatic nitrogens is 3. The fourth-order valence-corrected chi connectivity index (χ4v) is 4.18. The number of aryl methyl sites for hydroxylation is 2. The van der Waals surface area contributed by atoms with Crippen LogP contribution in [-0.2, 0) is 4.79 Å². The number of hydrogen-bond donors (Lipinski definition) is 2. The highest BCUT2D eigenvalue weighted by molar-refractivity contribution is 7.99. The minimum Gasteiger partial charge on any atom is -0.492 e. The highest BCUT2D eigenvalue weighted by Crippen LogP contribution is 2.25. The molecule has 0 atom stereocenters. The number of nitrogens with zero attached hydrogens (tertiary/aromatic N) is 2. The SMILES string of the molecule is CCOc1ccccc1NC(=O)CSc1nc2cc(C)[nH]c2c(=O)n1-c1ccc(C)cc1. The molecule has 0 spiro atoms. The lowest BCUT2D eigenvalue weighted by atomic mass is 10.2. The molecule has 2 N–H and O–H groups in total. The maximum absolute atomic E-state index is 13.3. The fraction of sp³-hybridized carbons (Fsp3) is 0.208. The second-order valence-corrected chi connectivity index (χ2v) is 8.29. The zero-order chi connectivity index (χ0) is 22.7. The van der Waals surface area contributed by atoms with Gasteiger partial charge in [-0.25, -0.2) is 4.98 Å². The van der Waals surface area contributed by atoms with Crippen LogP contribution in [0, 0.1) is 13.8 Å². The molecule has 0 fully saturated rings. The zero-order valence-electron chi connectivity index (χ0n) is 18.1. The smallest absolute Gasteiger partial charge is 0.283 e. The Kier molecular flexibility index (Phi) is 6.32. The van der Waals surface area contributed by atoms with E-state index < -0.39 is 0 Å². The van der Waals surface area contributed by atoms with E-state index >= 15 is 0 Å². The highest BCUT2D eigenvalue weighted by atomic mass is 32.2. The van der Waals surface area contributed by atoms with Crippen LogP contribution < -0.4 is 15.6 Å². The molecule has 0 saturated heterocycles. The zero-order valence-corrected chi connectivity index (χ0v) is 19.0. The van der Waals surface area contributed by atoms with Crippen LogP contribution in [0.3, 0.4) is 0 Å². The number of hydrogen-bond acceptors (Lipinski definition) is 5. The number of thioether (sulfide) groups is 1. The van der Waals surface area contributed by atoms with Crippen LogP contribution in [-0.4, -0.2) is 32.8 Å². The number of carbonyl (C=O) groups excluding carboxylic acids is 1. The van der Waals surface area contributed by atoms with Crippen molar-refractivity contribution in [1.82, 2.24) is 14.5 Å². The van der Waals surface area contributed by atoms with Crippen LogP contribution in [0.2, 0.25) is 0 Å². The van der Waals surface area contributed by atoms with E-state index in [-0.39, 0.29) is 17.2 Å². The molecule has 4 aromatic rings. The molecule has 2 aromatic heterocycles. The van der Waals surface area contributed by atoms with Crippen molar-refractivity contribution in [2.45, 2.75) is 25.9 Å². The first-order valence-electron chi connectivity index (χ1n) is 10.3. The van der Waals surface area contributed by atoms with E-state index in [1.54, 1.807) is 10.6 Å². The van der Waals surface area contributed by atoms with Crippen LogP contribution >= 0.6 is 11.8 Å². The maximum Gasteiger partial charge on any atom is 0.283 e. The monoisotopic (exact) mass is 448 g/mol. The molecule has 0 aliphatic heterocycles. The Morgan fingerprint density at radius 3 is 2.66 bits per heavy atom. The molecular formula is C24H24N4O3S. The van der Waals surface area contributed by atoms with E-state index in [1.165, 1.54) is 11.8 Å². The van der Waals surface area contributed by atoms with E-state index in [0.29, 0.717) is 39.9 Å². The van der Waals surface area contributed by atoms with E-state index in [9.17, 15) is 9.59 Å². The summed E-state index contributed by atoms with van der Waals surface area (Å²) in [6.07, 6.45) is 0. The summed E-state index contributed by atoms with van der Waals surface area (Å²) >= 11 is 1.22. The number of amides is 1. The molecule has 0 saturated carbocycles. The number of ether oxygens (including phenoxy) is 1. The number of carbonyl (C=O) groups is 1. The van der Waals surface area contributed by atoms with Gasteiger partial charge in [0.2, 0.25) is 5.91 Å². The van der Waals surface area contributed by atoms with Crippen molar-refractivity contribution in [1.29, 1.82) is 0 Å². The molecule has 2 heterocycles. The van der Waals surface area contributed by atoms with Gasteiger partial charge in [0.1, 0.15) is 11.3 Å². The van der Waals surface area contributed by atoms with Gasteiger partial charge in [-0.3, -0.25) is 14.2 Å². The van der Waals surface area contributed by atoms with Gasteiger partial charge >= 0.3 is 0 Å². The number of anilines is 1. The van der Waals surface area contributed by atoms with Gasteiger partial charge < -0.3 is 15.0 Å². The standard InChI is InChI=1S/C24H24N4O3S/c1-4-31-20-8-6-5-7-18(20)26-21(29)14-32-24-27-19-13-16(3)25-22(19)23(30)28(24)17-11-9-15(2)10-12-17/h5-13,25H,4,14H2,1-3H3,(H,26,29). The Balaban J connectivity index is 1.64. The number of aromatic amines is 1. The third-order valence-electron chi connectivity index (χ3n) is 4.84. The Morgan fingerprint density at radius 2 is 1.91 bits per heavy atom. The topological polar surface area (TPSA) is 89.0 Å². The molecule has 0 bridgehead atoms. The molecule has 0 aliphatic rings. The number of nitrogens with one attached hydrogen (secondary N) is 2. The van der Waals surface area contributed by atoms with Crippen LogP contribution in [0.1, 0.15) is 18.2 Å². The molecule has 0 aliphatic carbocycles.